The minimum absolute atomic E-state index is 0.0504. The lowest BCUT2D eigenvalue weighted by Crippen LogP contribution is -2.23. The summed E-state index contributed by atoms with van der Waals surface area (Å²) in [5.41, 5.74) is 5.07. The molecule has 0 amide bonds. The topological polar surface area (TPSA) is 46.9 Å². The molecule has 0 fully saturated rings. The molecule has 4 nitrogen and oxygen atoms in total. The van der Waals surface area contributed by atoms with Crippen molar-refractivity contribution in [1.82, 2.24) is 9.78 Å². The van der Waals surface area contributed by atoms with Crippen LogP contribution in [0.4, 0.5) is 5.69 Å². The average Bonchev–Trinajstić information content (AvgIpc) is 2.67. The number of aryl methyl sites for hydroxylation is 4. The van der Waals surface area contributed by atoms with Crippen molar-refractivity contribution < 1.29 is 4.79 Å². The molecule has 0 aliphatic heterocycles. The molecular weight excluding hydrogens is 238 g/mol. The Hall–Kier alpha value is -2.10. The van der Waals surface area contributed by atoms with Gasteiger partial charge in [0.25, 0.3) is 5.91 Å². The van der Waals surface area contributed by atoms with Gasteiger partial charge in [0.2, 0.25) is 0 Å². The lowest BCUT2D eigenvalue weighted by Gasteiger charge is -2.10. The number of aromatic nitrogens is 2. The first-order valence-corrected chi connectivity index (χ1v) is 6.35. The molecule has 2 rings (SSSR count). The molecule has 2 aromatic rings. The minimum Gasteiger partial charge on any atom is -0.376 e. The molecule has 0 radical (unpaired) electrons. The van der Waals surface area contributed by atoms with E-state index in [9.17, 15) is 4.79 Å². The first-order chi connectivity index (χ1) is 8.97. The number of hydrogen-bond donors (Lipinski definition) is 1. The van der Waals surface area contributed by atoms with E-state index in [-0.39, 0.29) is 12.5 Å². The van der Waals surface area contributed by atoms with Gasteiger partial charge in [-0.25, -0.2) is 4.68 Å². The summed E-state index contributed by atoms with van der Waals surface area (Å²) in [6.45, 7) is 8.09. The maximum Gasteiger partial charge on any atom is 0.266 e. The zero-order chi connectivity index (χ0) is 14.0. The Kier molecular flexibility index (Phi) is 3.69. The summed E-state index contributed by atoms with van der Waals surface area (Å²) < 4.78 is 1.45. The Labute approximate surface area is 113 Å². The fourth-order valence-electron chi connectivity index (χ4n) is 2.14. The standard InChI is InChI=1S/C15H19N3O/c1-10-5-6-14(11(2)7-10)16-9-15(19)18-13(4)8-12(3)17-18/h5-8,16H,9H2,1-4H3. The number of anilines is 1. The van der Waals surface area contributed by atoms with Crippen LogP contribution in [-0.2, 0) is 0 Å². The third-order valence-electron chi connectivity index (χ3n) is 3.06. The highest BCUT2D eigenvalue weighted by Crippen LogP contribution is 2.15. The number of nitrogens with one attached hydrogen (secondary N) is 1. The lowest BCUT2D eigenvalue weighted by molar-refractivity contribution is 0.0910. The van der Waals surface area contributed by atoms with Gasteiger partial charge >= 0.3 is 0 Å². The van der Waals surface area contributed by atoms with E-state index < -0.39 is 0 Å². The van der Waals surface area contributed by atoms with Crippen molar-refractivity contribution in [1.29, 1.82) is 0 Å². The summed E-state index contributed by atoms with van der Waals surface area (Å²) in [5.74, 6) is -0.0504. The number of nitrogens with zero attached hydrogens (tertiary/aromatic N) is 2. The van der Waals surface area contributed by atoms with E-state index >= 15 is 0 Å². The predicted octanol–water partition coefficient (Wildman–Crippen LogP) is 2.87. The van der Waals surface area contributed by atoms with Crippen LogP contribution in [0.1, 0.15) is 27.3 Å². The summed E-state index contributed by atoms with van der Waals surface area (Å²) >= 11 is 0. The quantitative estimate of drug-likeness (QED) is 0.919. The van der Waals surface area contributed by atoms with Crippen LogP contribution in [0.5, 0.6) is 0 Å². The van der Waals surface area contributed by atoms with E-state index in [4.69, 9.17) is 0 Å². The Morgan fingerprint density at radius 3 is 2.53 bits per heavy atom. The molecule has 0 unspecified atom stereocenters. The second-order valence-electron chi connectivity index (χ2n) is 4.90. The maximum atomic E-state index is 12.1. The van der Waals surface area contributed by atoms with Crippen molar-refractivity contribution in [2.75, 3.05) is 11.9 Å². The molecule has 1 aromatic heterocycles. The van der Waals surface area contributed by atoms with Crippen LogP contribution in [-0.4, -0.2) is 22.2 Å². The van der Waals surface area contributed by atoms with E-state index in [0.717, 1.165) is 22.6 Å². The normalized spacial score (nSPS) is 10.5. The van der Waals surface area contributed by atoms with Crippen molar-refractivity contribution in [3.8, 4) is 0 Å². The van der Waals surface area contributed by atoms with Gasteiger partial charge in [0, 0.05) is 11.4 Å². The zero-order valence-electron chi connectivity index (χ0n) is 11.8. The number of benzene rings is 1. The summed E-state index contributed by atoms with van der Waals surface area (Å²) in [4.78, 5) is 12.1. The maximum absolute atomic E-state index is 12.1. The van der Waals surface area contributed by atoms with E-state index in [1.54, 1.807) is 0 Å². The highest BCUT2D eigenvalue weighted by Gasteiger charge is 2.10. The van der Waals surface area contributed by atoms with Crippen LogP contribution >= 0.6 is 0 Å². The molecule has 0 atom stereocenters. The Morgan fingerprint density at radius 2 is 1.95 bits per heavy atom. The number of hydrogen-bond acceptors (Lipinski definition) is 3. The SMILES string of the molecule is Cc1ccc(NCC(=O)n2nc(C)cc2C)c(C)c1. The van der Waals surface area contributed by atoms with Gasteiger partial charge in [-0.3, -0.25) is 4.79 Å². The summed E-state index contributed by atoms with van der Waals surface area (Å²) in [5, 5.41) is 7.35. The lowest BCUT2D eigenvalue weighted by atomic mass is 10.1. The average molecular weight is 257 g/mol. The van der Waals surface area contributed by atoms with E-state index in [1.807, 2.05) is 39.0 Å². The van der Waals surface area contributed by atoms with Crippen molar-refractivity contribution >= 4 is 11.6 Å². The second-order valence-corrected chi connectivity index (χ2v) is 4.90. The molecule has 1 N–H and O–H groups in total. The molecule has 1 aromatic carbocycles. The largest absolute Gasteiger partial charge is 0.376 e. The van der Waals surface area contributed by atoms with Crippen LogP contribution in [0.3, 0.4) is 0 Å². The highest BCUT2D eigenvalue weighted by molar-refractivity contribution is 5.83. The van der Waals surface area contributed by atoms with Gasteiger partial charge in [0.05, 0.1) is 12.2 Å². The van der Waals surface area contributed by atoms with Gasteiger partial charge < -0.3 is 5.32 Å². The van der Waals surface area contributed by atoms with E-state index in [2.05, 4.69) is 23.4 Å². The van der Waals surface area contributed by atoms with Crippen LogP contribution in [0.2, 0.25) is 0 Å². The van der Waals surface area contributed by atoms with Crippen LogP contribution in [0, 0.1) is 27.7 Å². The third-order valence-corrected chi connectivity index (χ3v) is 3.06. The van der Waals surface area contributed by atoms with Crippen LogP contribution in [0.15, 0.2) is 24.3 Å². The van der Waals surface area contributed by atoms with Crippen molar-refractivity contribution in [2.45, 2.75) is 27.7 Å². The number of rotatable bonds is 3. The first kappa shape index (κ1) is 13.3. The Balaban J connectivity index is 2.06. The molecular formula is C15H19N3O. The van der Waals surface area contributed by atoms with Crippen molar-refractivity contribution in [2.24, 2.45) is 0 Å². The first-order valence-electron chi connectivity index (χ1n) is 6.35. The summed E-state index contributed by atoms with van der Waals surface area (Å²) in [6, 6.07) is 8.02. The van der Waals surface area contributed by atoms with Crippen LogP contribution < -0.4 is 5.32 Å². The molecule has 4 heteroatoms. The zero-order valence-corrected chi connectivity index (χ0v) is 11.8. The Morgan fingerprint density at radius 1 is 1.21 bits per heavy atom. The van der Waals surface area contributed by atoms with Crippen LogP contribution in [0.25, 0.3) is 0 Å². The molecule has 0 aliphatic carbocycles. The molecule has 100 valence electrons. The highest BCUT2D eigenvalue weighted by atomic mass is 16.2. The van der Waals surface area contributed by atoms with Crippen molar-refractivity contribution in [3.05, 3.63) is 46.8 Å². The van der Waals surface area contributed by atoms with Gasteiger partial charge in [-0.1, -0.05) is 17.7 Å². The fourth-order valence-corrected chi connectivity index (χ4v) is 2.14. The molecule has 0 saturated heterocycles. The number of carbonyl (C=O) groups is 1. The van der Waals surface area contributed by atoms with Gasteiger partial charge in [0.1, 0.15) is 0 Å². The van der Waals surface area contributed by atoms with Crippen molar-refractivity contribution in [3.63, 3.8) is 0 Å². The second kappa shape index (κ2) is 5.26. The third kappa shape index (κ3) is 3.02. The van der Waals surface area contributed by atoms with Gasteiger partial charge in [0.15, 0.2) is 0 Å². The number of carbonyl (C=O) groups excluding carboxylic acids is 1. The van der Waals surface area contributed by atoms with Gasteiger partial charge in [-0.05, 0) is 45.4 Å². The molecule has 19 heavy (non-hydrogen) atoms. The molecule has 0 saturated carbocycles. The van der Waals surface area contributed by atoms with Gasteiger partial charge in [-0.2, -0.15) is 5.10 Å². The molecule has 0 bridgehead atoms. The molecule has 0 spiro atoms. The predicted molar refractivity (Wildman–Crippen MR) is 76.7 cm³/mol. The smallest absolute Gasteiger partial charge is 0.266 e. The molecule has 1 heterocycles. The summed E-state index contributed by atoms with van der Waals surface area (Å²) in [7, 11) is 0. The van der Waals surface area contributed by atoms with Gasteiger partial charge in [-0.15, -0.1) is 0 Å². The molecule has 0 aliphatic rings. The fraction of sp³-hybridized carbons (Fsp3) is 0.333. The minimum atomic E-state index is -0.0504. The Bertz CT molecular complexity index is 614. The summed E-state index contributed by atoms with van der Waals surface area (Å²) in [6.07, 6.45) is 0. The van der Waals surface area contributed by atoms with E-state index in [1.165, 1.54) is 10.2 Å². The van der Waals surface area contributed by atoms with E-state index in [0.29, 0.717) is 0 Å². The monoisotopic (exact) mass is 257 g/mol.